The maximum atomic E-state index is 12.1. The normalized spacial score (nSPS) is 10.5. The lowest BCUT2D eigenvalue weighted by molar-refractivity contribution is -0.385. The molecule has 0 saturated heterocycles. The van der Waals surface area contributed by atoms with Crippen LogP contribution in [0.15, 0.2) is 29.3 Å². The molecule has 1 N–H and O–H groups in total. The van der Waals surface area contributed by atoms with Crippen LogP contribution in [-0.4, -0.2) is 26.9 Å². The van der Waals surface area contributed by atoms with E-state index in [-0.39, 0.29) is 34.9 Å². The van der Waals surface area contributed by atoms with Crippen molar-refractivity contribution in [3.8, 4) is 0 Å². The number of hydrogen-bond donors (Lipinski definition) is 1. The first-order chi connectivity index (χ1) is 11.3. The van der Waals surface area contributed by atoms with Crippen LogP contribution in [0.5, 0.6) is 0 Å². The number of carbonyl (C=O) groups excluding carboxylic acids is 1. The molecule has 9 heteroatoms. The molecule has 0 radical (unpaired) electrons. The van der Waals surface area contributed by atoms with Crippen molar-refractivity contribution in [1.82, 2.24) is 14.9 Å². The second-order valence-corrected chi connectivity index (χ2v) is 5.56. The van der Waals surface area contributed by atoms with Gasteiger partial charge in [0, 0.05) is 35.4 Å². The molecular formula is C15H15ClN4O4. The van der Waals surface area contributed by atoms with Gasteiger partial charge in [-0.3, -0.25) is 24.3 Å². The predicted molar refractivity (Wildman–Crippen MR) is 88.4 cm³/mol. The van der Waals surface area contributed by atoms with Gasteiger partial charge < -0.3 is 5.32 Å². The molecule has 1 aromatic carbocycles. The molecule has 126 valence electrons. The van der Waals surface area contributed by atoms with Crippen LogP contribution in [0.3, 0.4) is 0 Å². The number of nitro groups is 1. The first-order valence-electron chi connectivity index (χ1n) is 7.06. The Morgan fingerprint density at radius 1 is 1.42 bits per heavy atom. The van der Waals surface area contributed by atoms with E-state index < -0.39 is 10.8 Å². The van der Waals surface area contributed by atoms with E-state index >= 15 is 0 Å². The molecule has 0 fully saturated rings. The van der Waals surface area contributed by atoms with Crippen molar-refractivity contribution in [2.75, 3.05) is 6.54 Å². The summed E-state index contributed by atoms with van der Waals surface area (Å²) in [4.78, 5) is 38.6. The quantitative estimate of drug-likeness (QED) is 0.654. The lowest BCUT2D eigenvalue weighted by Gasteiger charge is -2.09. The first kappa shape index (κ1) is 17.6. The molecule has 0 atom stereocenters. The van der Waals surface area contributed by atoms with Crippen LogP contribution in [0.1, 0.15) is 21.6 Å². The van der Waals surface area contributed by atoms with Crippen molar-refractivity contribution in [1.29, 1.82) is 0 Å². The summed E-state index contributed by atoms with van der Waals surface area (Å²) < 4.78 is 1.37. The summed E-state index contributed by atoms with van der Waals surface area (Å²) in [5.74, 6) is -0.631. The minimum absolute atomic E-state index is 0.118. The van der Waals surface area contributed by atoms with Gasteiger partial charge in [-0.2, -0.15) is 0 Å². The number of halogens is 1. The number of amides is 1. The van der Waals surface area contributed by atoms with Gasteiger partial charge in [0.1, 0.15) is 5.56 Å². The van der Waals surface area contributed by atoms with Gasteiger partial charge in [0.15, 0.2) is 0 Å². The standard InChI is InChI=1S/C15H15ClN4O4/c1-9-10(2)18-8-19(15(9)22)6-5-17-14(21)12-7-11(16)3-4-13(12)20(23)24/h3-4,7-8H,5-6H2,1-2H3,(H,17,21). The fourth-order valence-corrected chi connectivity index (χ4v) is 2.24. The SMILES string of the molecule is Cc1ncn(CCNC(=O)c2cc(Cl)ccc2[N+](=O)[O-])c(=O)c1C. The Kier molecular flexibility index (Phi) is 5.30. The number of carbonyl (C=O) groups is 1. The summed E-state index contributed by atoms with van der Waals surface area (Å²) >= 11 is 5.79. The number of rotatable bonds is 5. The molecule has 0 aliphatic heterocycles. The van der Waals surface area contributed by atoms with Crippen molar-refractivity contribution in [2.45, 2.75) is 20.4 Å². The zero-order valence-electron chi connectivity index (χ0n) is 13.1. The summed E-state index contributed by atoms with van der Waals surface area (Å²) in [6.07, 6.45) is 1.40. The fraction of sp³-hybridized carbons (Fsp3) is 0.267. The molecule has 1 amide bonds. The van der Waals surface area contributed by atoms with Gasteiger partial charge in [-0.05, 0) is 26.0 Å². The Bertz CT molecular complexity index is 863. The maximum Gasteiger partial charge on any atom is 0.282 e. The molecule has 0 unspecified atom stereocenters. The number of hydrogen-bond acceptors (Lipinski definition) is 5. The van der Waals surface area contributed by atoms with Gasteiger partial charge in [-0.25, -0.2) is 4.98 Å². The average Bonchev–Trinajstić information content (AvgIpc) is 2.54. The zero-order valence-corrected chi connectivity index (χ0v) is 13.8. The van der Waals surface area contributed by atoms with E-state index in [2.05, 4.69) is 10.3 Å². The monoisotopic (exact) mass is 350 g/mol. The molecular weight excluding hydrogens is 336 g/mol. The Morgan fingerprint density at radius 3 is 2.79 bits per heavy atom. The van der Waals surface area contributed by atoms with Gasteiger partial charge in [-0.15, -0.1) is 0 Å². The number of benzene rings is 1. The third-order valence-corrected chi connectivity index (χ3v) is 3.79. The third-order valence-electron chi connectivity index (χ3n) is 3.55. The van der Waals surface area contributed by atoms with Crippen LogP contribution in [0, 0.1) is 24.0 Å². The molecule has 0 bridgehead atoms. The van der Waals surface area contributed by atoms with E-state index in [9.17, 15) is 19.7 Å². The summed E-state index contributed by atoms with van der Waals surface area (Å²) in [6, 6.07) is 3.75. The molecule has 0 spiro atoms. The Morgan fingerprint density at radius 2 is 2.12 bits per heavy atom. The summed E-state index contributed by atoms with van der Waals surface area (Å²) in [7, 11) is 0. The molecule has 2 rings (SSSR count). The van der Waals surface area contributed by atoms with E-state index in [4.69, 9.17) is 11.6 Å². The fourth-order valence-electron chi connectivity index (χ4n) is 2.07. The smallest absolute Gasteiger partial charge is 0.282 e. The minimum Gasteiger partial charge on any atom is -0.350 e. The predicted octanol–water partition coefficient (Wildman–Crippen LogP) is 1.85. The van der Waals surface area contributed by atoms with E-state index in [1.54, 1.807) is 13.8 Å². The molecule has 0 aliphatic rings. The largest absolute Gasteiger partial charge is 0.350 e. The number of nitrogens with zero attached hydrogens (tertiary/aromatic N) is 3. The molecule has 0 saturated carbocycles. The average molecular weight is 351 g/mol. The molecule has 1 heterocycles. The van der Waals surface area contributed by atoms with E-state index in [1.807, 2.05) is 0 Å². The van der Waals surface area contributed by atoms with Gasteiger partial charge in [0.25, 0.3) is 17.2 Å². The first-order valence-corrected chi connectivity index (χ1v) is 7.44. The van der Waals surface area contributed by atoms with Crippen LogP contribution < -0.4 is 10.9 Å². The van der Waals surface area contributed by atoms with Crippen molar-refractivity contribution < 1.29 is 9.72 Å². The van der Waals surface area contributed by atoms with Crippen molar-refractivity contribution in [2.24, 2.45) is 0 Å². The summed E-state index contributed by atoms with van der Waals surface area (Å²) in [5, 5.41) is 13.7. The van der Waals surface area contributed by atoms with E-state index in [0.29, 0.717) is 11.3 Å². The minimum atomic E-state index is -0.650. The number of nitro benzene ring substituents is 1. The maximum absolute atomic E-state index is 12.1. The Hall–Kier alpha value is -2.74. The van der Waals surface area contributed by atoms with Crippen LogP contribution >= 0.6 is 11.6 Å². The number of aryl methyl sites for hydroxylation is 1. The molecule has 8 nitrogen and oxygen atoms in total. The molecule has 24 heavy (non-hydrogen) atoms. The Balaban J connectivity index is 2.10. The molecule has 1 aromatic heterocycles. The van der Waals surface area contributed by atoms with Gasteiger partial charge in [0.05, 0.1) is 11.3 Å². The van der Waals surface area contributed by atoms with Crippen molar-refractivity contribution in [3.63, 3.8) is 0 Å². The van der Waals surface area contributed by atoms with Gasteiger partial charge >= 0.3 is 0 Å². The highest BCUT2D eigenvalue weighted by Gasteiger charge is 2.20. The van der Waals surface area contributed by atoms with Gasteiger partial charge in [0.2, 0.25) is 0 Å². The van der Waals surface area contributed by atoms with Crippen molar-refractivity contribution in [3.05, 3.63) is 66.8 Å². The highest BCUT2D eigenvalue weighted by molar-refractivity contribution is 6.31. The number of nitrogens with one attached hydrogen (secondary N) is 1. The van der Waals surface area contributed by atoms with Gasteiger partial charge in [-0.1, -0.05) is 11.6 Å². The Labute approximate surface area is 142 Å². The lowest BCUT2D eigenvalue weighted by Crippen LogP contribution is -2.32. The van der Waals surface area contributed by atoms with Crippen molar-refractivity contribution >= 4 is 23.2 Å². The zero-order chi connectivity index (χ0) is 17.9. The third kappa shape index (κ3) is 3.77. The second kappa shape index (κ2) is 7.22. The summed E-state index contributed by atoms with van der Waals surface area (Å²) in [5.41, 5.74) is 0.537. The van der Waals surface area contributed by atoms with E-state index in [0.717, 1.165) is 0 Å². The van der Waals surface area contributed by atoms with Crippen LogP contribution in [0.4, 0.5) is 5.69 Å². The molecule has 2 aromatic rings. The van der Waals surface area contributed by atoms with E-state index in [1.165, 1.54) is 29.1 Å². The summed E-state index contributed by atoms with van der Waals surface area (Å²) in [6.45, 7) is 3.73. The topological polar surface area (TPSA) is 107 Å². The number of aromatic nitrogens is 2. The molecule has 0 aliphatic carbocycles. The van der Waals surface area contributed by atoms with Crippen LogP contribution in [0.2, 0.25) is 5.02 Å². The lowest BCUT2D eigenvalue weighted by atomic mass is 10.1. The highest BCUT2D eigenvalue weighted by atomic mass is 35.5. The van der Waals surface area contributed by atoms with Crippen LogP contribution in [-0.2, 0) is 6.54 Å². The second-order valence-electron chi connectivity index (χ2n) is 5.13. The highest BCUT2D eigenvalue weighted by Crippen LogP contribution is 2.22. The van der Waals surface area contributed by atoms with Crippen LogP contribution in [0.25, 0.3) is 0 Å².